The van der Waals surface area contributed by atoms with Crippen LogP contribution in [0.1, 0.15) is 34.5 Å². The van der Waals surface area contributed by atoms with Gasteiger partial charge in [-0.05, 0) is 11.1 Å². The maximum Gasteiger partial charge on any atom is 0.270 e. The van der Waals surface area contributed by atoms with Crippen LogP contribution in [-0.4, -0.2) is 89.3 Å². The minimum absolute atomic E-state index is 0.0689. The minimum Gasteiger partial charge on any atom is -0.507 e. The smallest absolute Gasteiger partial charge is 0.270 e. The van der Waals surface area contributed by atoms with Crippen LogP contribution in [0.15, 0.2) is 72.8 Å². The summed E-state index contributed by atoms with van der Waals surface area (Å²) in [5, 5.41) is 22.8. The van der Waals surface area contributed by atoms with E-state index in [1.54, 1.807) is 0 Å². The third-order valence-electron chi connectivity index (χ3n) is 7.07. The van der Waals surface area contributed by atoms with Gasteiger partial charge in [-0.2, -0.15) is 0 Å². The first-order valence-corrected chi connectivity index (χ1v) is 15.4. The number of aromatic hydroxyl groups is 1. The molecule has 1 aliphatic heterocycles. The number of rotatable bonds is 3. The summed E-state index contributed by atoms with van der Waals surface area (Å²) in [6.07, 6.45) is -0.827. The molecule has 1 aliphatic rings. The number of nitro groups is 1. The maximum atomic E-state index is 11.7. The highest BCUT2D eigenvalue weighted by Crippen LogP contribution is 2.31. The standard InChI is InChI=1S/C34H43NO11/c36-34-29-21-31(35(37)38)22-30(34)24-44-26-33(28-9-5-2-6-10-28)46-20-18-42-16-14-40-12-11-39-13-15-41-17-19-45-32(25-43-23-29)27-7-3-1-4-8-27/h1-10,21-22,32-33,36H,11-20,23-26H2. The lowest BCUT2D eigenvalue weighted by Gasteiger charge is -2.20. The van der Waals surface area contributed by atoms with E-state index in [-0.39, 0.29) is 49.0 Å². The van der Waals surface area contributed by atoms with E-state index >= 15 is 0 Å². The summed E-state index contributed by atoms with van der Waals surface area (Å²) in [6.45, 7) is 4.16. The Balaban J connectivity index is 1.45. The van der Waals surface area contributed by atoms with E-state index in [0.29, 0.717) is 66.1 Å². The fourth-order valence-electron chi connectivity index (χ4n) is 4.70. The number of non-ortho nitro benzene ring substituents is 1. The van der Waals surface area contributed by atoms with Crippen molar-refractivity contribution < 1.29 is 47.9 Å². The molecule has 1 N–H and O–H groups in total. The van der Waals surface area contributed by atoms with Crippen molar-refractivity contribution >= 4 is 5.69 Å². The largest absolute Gasteiger partial charge is 0.507 e. The lowest BCUT2D eigenvalue weighted by molar-refractivity contribution is -0.385. The van der Waals surface area contributed by atoms with E-state index in [1.165, 1.54) is 12.1 Å². The molecule has 0 amide bonds. The summed E-state index contributed by atoms with van der Waals surface area (Å²) >= 11 is 0. The molecule has 0 spiro atoms. The second-order valence-corrected chi connectivity index (χ2v) is 10.4. The van der Waals surface area contributed by atoms with Crippen molar-refractivity contribution in [2.45, 2.75) is 25.4 Å². The van der Waals surface area contributed by atoms with Crippen molar-refractivity contribution in [1.82, 2.24) is 0 Å². The van der Waals surface area contributed by atoms with E-state index in [4.69, 9.17) is 37.9 Å². The molecule has 0 saturated heterocycles. The number of fused-ring (bicyclic) bond motifs is 2. The molecule has 3 aromatic rings. The maximum absolute atomic E-state index is 11.7. The van der Waals surface area contributed by atoms with Gasteiger partial charge in [-0.3, -0.25) is 10.1 Å². The number of hydrogen-bond donors (Lipinski definition) is 1. The van der Waals surface area contributed by atoms with Crippen LogP contribution in [0, 0.1) is 10.1 Å². The summed E-state index contributed by atoms with van der Waals surface area (Å²) in [6, 6.07) is 21.8. The fraction of sp³-hybridized carbons (Fsp3) is 0.471. The van der Waals surface area contributed by atoms with Crippen LogP contribution < -0.4 is 0 Å². The van der Waals surface area contributed by atoms with E-state index in [2.05, 4.69) is 0 Å². The molecule has 2 unspecified atom stereocenters. The zero-order valence-corrected chi connectivity index (χ0v) is 26.0. The Morgan fingerprint density at radius 2 is 0.935 bits per heavy atom. The van der Waals surface area contributed by atoms with Crippen molar-refractivity contribution in [3.8, 4) is 5.75 Å². The molecule has 12 nitrogen and oxygen atoms in total. The van der Waals surface area contributed by atoms with E-state index in [1.807, 2.05) is 60.7 Å². The van der Waals surface area contributed by atoms with Gasteiger partial charge in [0.15, 0.2) is 0 Å². The summed E-state index contributed by atoms with van der Waals surface area (Å²) in [7, 11) is 0. The first kappa shape index (κ1) is 35.4. The predicted octanol–water partition coefficient (Wildman–Crippen LogP) is 4.93. The predicted molar refractivity (Wildman–Crippen MR) is 168 cm³/mol. The second kappa shape index (κ2) is 20.6. The average Bonchev–Trinajstić information content (AvgIpc) is 3.08. The van der Waals surface area contributed by atoms with Crippen LogP contribution in [0.2, 0.25) is 0 Å². The van der Waals surface area contributed by atoms with Crippen molar-refractivity contribution in [2.24, 2.45) is 0 Å². The molecule has 0 fully saturated rings. The van der Waals surface area contributed by atoms with E-state index in [0.717, 1.165) is 11.1 Å². The summed E-state index contributed by atoms with van der Waals surface area (Å²) in [4.78, 5) is 11.2. The average molecular weight is 642 g/mol. The van der Waals surface area contributed by atoms with Crippen LogP contribution in [0.4, 0.5) is 5.69 Å². The molecule has 0 aromatic heterocycles. The molecule has 0 aliphatic carbocycles. The topological polar surface area (TPSA) is 137 Å². The lowest BCUT2D eigenvalue weighted by Crippen LogP contribution is -2.17. The quantitative estimate of drug-likeness (QED) is 0.308. The number of hydrogen-bond acceptors (Lipinski definition) is 11. The van der Waals surface area contributed by atoms with Gasteiger partial charge in [0.2, 0.25) is 0 Å². The Kier molecular flexibility index (Phi) is 15.9. The van der Waals surface area contributed by atoms with Crippen molar-refractivity contribution in [3.05, 3.63) is 105 Å². The summed E-state index contributed by atoms with van der Waals surface area (Å²) in [5.74, 6) is -0.122. The van der Waals surface area contributed by atoms with Gasteiger partial charge >= 0.3 is 0 Å². The van der Waals surface area contributed by atoms with Crippen molar-refractivity contribution in [2.75, 3.05) is 79.3 Å². The van der Waals surface area contributed by atoms with Crippen LogP contribution in [0.5, 0.6) is 5.75 Å². The summed E-state index contributed by atoms with van der Waals surface area (Å²) in [5.41, 5.74) is 2.20. The van der Waals surface area contributed by atoms with Crippen molar-refractivity contribution in [1.29, 1.82) is 0 Å². The first-order chi connectivity index (χ1) is 22.6. The Hall–Kier alpha value is -3.46. The number of phenolic OH excluding ortho intramolecular Hbond substituents is 1. The molecule has 2 bridgehead atoms. The lowest BCUT2D eigenvalue weighted by atomic mass is 10.1. The van der Waals surface area contributed by atoms with Gasteiger partial charge in [-0.15, -0.1) is 0 Å². The first-order valence-electron chi connectivity index (χ1n) is 15.4. The molecule has 250 valence electrons. The Bertz CT molecular complexity index is 1190. The van der Waals surface area contributed by atoms with Crippen LogP contribution in [0.25, 0.3) is 0 Å². The SMILES string of the molecule is O=[N+]([O-])c1cc2c(O)c(c1)COCC(c1ccccc1)OCCOCCOCCOCCOCCOC(c1ccccc1)COC2. The summed E-state index contributed by atoms with van der Waals surface area (Å²) < 4.78 is 46.4. The molecule has 12 heteroatoms. The van der Waals surface area contributed by atoms with E-state index in [9.17, 15) is 15.2 Å². The minimum atomic E-state index is -0.505. The van der Waals surface area contributed by atoms with Gasteiger partial charge in [0, 0.05) is 23.3 Å². The molecule has 46 heavy (non-hydrogen) atoms. The Morgan fingerprint density at radius 3 is 1.30 bits per heavy atom. The number of ether oxygens (including phenoxy) is 8. The Morgan fingerprint density at radius 1 is 0.565 bits per heavy atom. The highest BCUT2D eigenvalue weighted by Gasteiger charge is 2.20. The molecular formula is C34H43NO11. The van der Waals surface area contributed by atoms with Gasteiger partial charge in [-0.25, -0.2) is 0 Å². The molecular weight excluding hydrogens is 598 g/mol. The van der Waals surface area contributed by atoms with Gasteiger partial charge in [0.05, 0.1) is 97.4 Å². The molecule has 4 rings (SSSR count). The monoisotopic (exact) mass is 641 g/mol. The van der Waals surface area contributed by atoms with Gasteiger partial charge in [-0.1, -0.05) is 60.7 Å². The highest BCUT2D eigenvalue weighted by atomic mass is 16.6. The van der Waals surface area contributed by atoms with Crippen LogP contribution in [0.3, 0.4) is 0 Å². The van der Waals surface area contributed by atoms with Gasteiger partial charge in [0.25, 0.3) is 5.69 Å². The van der Waals surface area contributed by atoms with Crippen LogP contribution in [-0.2, 0) is 51.1 Å². The van der Waals surface area contributed by atoms with E-state index < -0.39 is 17.1 Å². The normalized spacial score (nSPS) is 21.1. The van der Waals surface area contributed by atoms with Crippen LogP contribution >= 0.6 is 0 Å². The molecule has 0 saturated carbocycles. The molecule has 0 radical (unpaired) electrons. The number of phenols is 1. The fourth-order valence-corrected chi connectivity index (χ4v) is 4.70. The highest BCUT2D eigenvalue weighted by molar-refractivity contribution is 5.49. The molecule has 2 atom stereocenters. The number of nitrogens with zero attached hydrogens (tertiary/aromatic N) is 1. The second-order valence-electron chi connectivity index (χ2n) is 10.4. The number of nitro benzene ring substituents is 1. The third kappa shape index (κ3) is 12.4. The zero-order chi connectivity index (χ0) is 32.2. The number of benzene rings is 3. The van der Waals surface area contributed by atoms with Crippen molar-refractivity contribution in [3.63, 3.8) is 0 Å². The zero-order valence-electron chi connectivity index (χ0n) is 26.0. The Labute approximate surface area is 269 Å². The van der Waals surface area contributed by atoms with Gasteiger partial charge in [0.1, 0.15) is 18.0 Å². The molecule has 3 aromatic carbocycles. The van der Waals surface area contributed by atoms with Gasteiger partial charge < -0.3 is 43.0 Å². The molecule has 1 heterocycles. The third-order valence-corrected chi connectivity index (χ3v) is 7.07.